The lowest BCUT2D eigenvalue weighted by Gasteiger charge is -2.26. The van der Waals surface area contributed by atoms with Crippen molar-refractivity contribution in [2.45, 2.75) is 19.8 Å². The molecule has 0 bridgehead atoms. The average molecular weight is 458 g/mol. The predicted octanol–water partition coefficient (Wildman–Crippen LogP) is 3.93. The Morgan fingerprint density at radius 2 is 1.74 bits per heavy atom. The number of morpholine rings is 1. The standard InChI is InChI=1S/C26H31N7O/c1-18(2)19-8-10-21(11-9-19)33-24(27)22-23(20-6-4-3-5-7-20)29-26(30-25(22)31-33)28-12-13-32-14-16-34-17-15-32/h3-11,18H,12-17,27H2,1-2H3,(H,28,30,31). The van der Waals surface area contributed by atoms with Crippen molar-refractivity contribution in [2.24, 2.45) is 0 Å². The Morgan fingerprint density at radius 1 is 1.00 bits per heavy atom. The van der Waals surface area contributed by atoms with Crippen molar-refractivity contribution in [3.63, 3.8) is 0 Å². The highest BCUT2D eigenvalue weighted by atomic mass is 16.5. The minimum atomic E-state index is 0.463. The number of nitrogens with one attached hydrogen (secondary N) is 1. The molecule has 5 rings (SSSR count). The first-order valence-electron chi connectivity index (χ1n) is 11.9. The van der Waals surface area contributed by atoms with E-state index in [1.807, 2.05) is 30.3 Å². The molecular weight excluding hydrogens is 426 g/mol. The van der Waals surface area contributed by atoms with E-state index in [0.29, 0.717) is 23.3 Å². The van der Waals surface area contributed by atoms with Crippen LogP contribution in [0.5, 0.6) is 0 Å². The molecule has 0 atom stereocenters. The number of aromatic nitrogens is 4. The van der Waals surface area contributed by atoms with E-state index in [9.17, 15) is 0 Å². The molecule has 3 heterocycles. The predicted molar refractivity (Wildman–Crippen MR) is 136 cm³/mol. The number of hydrogen-bond acceptors (Lipinski definition) is 7. The van der Waals surface area contributed by atoms with Crippen LogP contribution < -0.4 is 11.1 Å². The van der Waals surface area contributed by atoms with Gasteiger partial charge in [0.15, 0.2) is 5.65 Å². The molecule has 2 aromatic carbocycles. The number of benzene rings is 2. The Bertz CT molecular complexity index is 1250. The second-order valence-corrected chi connectivity index (χ2v) is 8.88. The Kier molecular flexibility index (Phi) is 6.42. The summed E-state index contributed by atoms with van der Waals surface area (Å²) in [6, 6.07) is 18.4. The van der Waals surface area contributed by atoms with Crippen LogP contribution in [-0.2, 0) is 4.74 Å². The first-order valence-corrected chi connectivity index (χ1v) is 11.9. The van der Waals surface area contributed by atoms with E-state index in [1.165, 1.54) is 5.56 Å². The quantitative estimate of drug-likeness (QED) is 0.434. The van der Waals surface area contributed by atoms with Crippen molar-refractivity contribution in [1.82, 2.24) is 24.6 Å². The molecule has 3 N–H and O–H groups in total. The van der Waals surface area contributed by atoms with Crippen molar-refractivity contribution in [3.8, 4) is 16.9 Å². The maximum Gasteiger partial charge on any atom is 0.225 e. The molecule has 0 aliphatic carbocycles. The van der Waals surface area contributed by atoms with Crippen LogP contribution in [0.4, 0.5) is 11.8 Å². The van der Waals surface area contributed by atoms with E-state index < -0.39 is 0 Å². The SMILES string of the molecule is CC(C)c1ccc(-n2nc3nc(NCCN4CCOCC4)nc(-c4ccccc4)c3c2N)cc1. The van der Waals surface area contributed by atoms with Crippen LogP contribution in [0.3, 0.4) is 0 Å². The van der Waals surface area contributed by atoms with Gasteiger partial charge in [-0.15, -0.1) is 5.10 Å². The van der Waals surface area contributed by atoms with Gasteiger partial charge in [-0.05, 0) is 23.6 Å². The van der Waals surface area contributed by atoms with E-state index in [0.717, 1.165) is 61.7 Å². The third-order valence-electron chi connectivity index (χ3n) is 6.24. The van der Waals surface area contributed by atoms with Crippen LogP contribution in [0, 0.1) is 0 Å². The maximum atomic E-state index is 6.64. The normalized spacial score (nSPS) is 14.7. The summed E-state index contributed by atoms with van der Waals surface area (Å²) in [5.74, 6) is 1.55. The summed E-state index contributed by atoms with van der Waals surface area (Å²) in [5, 5.41) is 8.93. The zero-order valence-electron chi connectivity index (χ0n) is 19.7. The molecule has 1 aliphatic rings. The molecule has 8 heteroatoms. The van der Waals surface area contributed by atoms with Crippen LogP contribution in [0.15, 0.2) is 54.6 Å². The summed E-state index contributed by atoms with van der Waals surface area (Å²) >= 11 is 0. The number of nitrogens with two attached hydrogens (primary N) is 1. The van der Waals surface area contributed by atoms with Gasteiger partial charge in [0.05, 0.1) is 30.0 Å². The maximum absolute atomic E-state index is 6.64. The van der Waals surface area contributed by atoms with Crippen molar-refractivity contribution in [2.75, 3.05) is 50.4 Å². The first kappa shape index (κ1) is 22.3. The van der Waals surface area contributed by atoms with Crippen molar-refractivity contribution >= 4 is 22.8 Å². The summed E-state index contributed by atoms with van der Waals surface area (Å²) in [4.78, 5) is 12.0. The summed E-state index contributed by atoms with van der Waals surface area (Å²) in [6.45, 7) is 9.49. The van der Waals surface area contributed by atoms with Gasteiger partial charge in [0.2, 0.25) is 5.95 Å². The molecule has 1 saturated heterocycles. The number of nitrogens with zero attached hydrogens (tertiary/aromatic N) is 5. The van der Waals surface area contributed by atoms with Crippen LogP contribution in [0.25, 0.3) is 28.0 Å². The molecular formula is C26H31N7O. The van der Waals surface area contributed by atoms with Gasteiger partial charge in [-0.3, -0.25) is 4.90 Å². The molecule has 0 saturated carbocycles. The molecule has 4 aromatic rings. The Morgan fingerprint density at radius 3 is 2.44 bits per heavy atom. The summed E-state index contributed by atoms with van der Waals surface area (Å²) in [6.07, 6.45) is 0. The van der Waals surface area contributed by atoms with Gasteiger partial charge in [-0.2, -0.15) is 4.98 Å². The van der Waals surface area contributed by atoms with Crippen molar-refractivity contribution in [3.05, 3.63) is 60.2 Å². The Hall–Kier alpha value is -3.49. The van der Waals surface area contributed by atoms with E-state index in [4.69, 9.17) is 25.5 Å². The van der Waals surface area contributed by atoms with Crippen molar-refractivity contribution < 1.29 is 4.74 Å². The van der Waals surface area contributed by atoms with Gasteiger partial charge < -0.3 is 15.8 Å². The van der Waals surface area contributed by atoms with Gasteiger partial charge in [0.1, 0.15) is 5.82 Å². The Balaban J connectivity index is 1.51. The van der Waals surface area contributed by atoms with Gasteiger partial charge >= 0.3 is 0 Å². The summed E-state index contributed by atoms with van der Waals surface area (Å²) in [5.41, 5.74) is 11.1. The number of fused-ring (bicyclic) bond motifs is 1. The first-order chi connectivity index (χ1) is 16.6. The average Bonchev–Trinajstić information content (AvgIpc) is 3.21. The lowest BCUT2D eigenvalue weighted by atomic mass is 10.0. The summed E-state index contributed by atoms with van der Waals surface area (Å²) < 4.78 is 7.19. The number of hydrogen-bond donors (Lipinski definition) is 2. The second-order valence-electron chi connectivity index (χ2n) is 8.88. The molecule has 0 radical (unpaired) electrons. The highest BCUT2D eigenvalue weighted by Gasteiger charge is 2.19. The number of nitrogen functional groups attached to an aromatic ring is 1. The van der Waals surface area contributed by atoms with E-state index >= 15 is 0 Å². The summed E-state index contributed by atoms with van der Waals surface area (Å²) in [7, 11) is 0. The molecule has 0 amide bonds. The molecule has 0 spiro atoms. The van der Waals surface area contributed by atoms with Gasteiger partial charge in [-0.1, -0.05) is 56.3 Å². The van der Waals surface area contributed by atoms with Crippen LogP contribution >= 0.6 is 0 Å². The minimum absolute atomic E-state index is 0.463. The molecule has 2 aromatic heterocycles. The molecule has 1 aliphatic heterocycles. The highest BCUT2D eigenvalue weighted by Crippen LogP contribution is 2.33. The largest absolute Gasteiger partial charge is 0.383 e. The molecule has 0 unspecified atom stereocenters. The van der Waals surface area contributed by atoms with Gasteiger partial charge in [-0.25, -0.2) is 9.67 Å². The number of rotatable bonds is 7. The number of anilines is 2. The van der Waals surface area contributed by atoms with Gasteiger partial charge in [0, 0.05) is 31.7 Å². The van der Waals surface area contributed by atoms with Crippen LogP contribution in [0.2, 0.25) is 0 Å². The zero-order chi connectivity index (χ0) is 23.5. The molecule has 1 fully saturated rings. The third kappa shape index (κ3) is 4.60. The fourth-order valence-corrected chi connectivity index (χ4v) is 4.24. The Labute approximate surface area is 199 Å². The number of ether oxygens (including phenoxy) is 1. The fourth-order valence-electron chi connectivity index (χ4n) is 4.24. The minimum Gasteiger partial charge on any atom is -0.383 e. The third-order valence-corrected chi connectivity index (χ3v) is 6.24. The molecule has 8 nitrogen and oxygen atoms in total. The van der Waals surface area contributed by atoms with E-state index in [1.54, 1.807) is 4.68 Å². The monoisotopic (exact) mass is 457 g/mol. The fraction of sp³-hybridized carbons (Fsp3) is 0.346. The lowest BCUT2D eigenvalue weighted by molar-refractivity contribution is 0.0398. The smallest absolute Gasteiger partial charge is 0.225 e. The van der Waals surface area contributed by atoms with Crippen LogP contribution in [0.1, 0.15) is 25.3 Å². The van der Waals surface area contributed by atoms with E-state index in [2.05, 4.69) is 48.3 Å². The topological polar surface area (TPSA) is 94.1 Å². The van der Waals surface area contributed by atoms with Gasteiger partial charge in [0.25, 0.3) is 0 Å². The van der Waals surface area contributed by atoms with E-state index in [-0.39, 0.29) is 0 Å². The molecule has 34 heavy (non-hydrogen) atoms. The lowest BCUT2D eigenvalue weighted by Crippen LogP contribution is -2.39. The highest BCUT2D eigenvalue weighted by molar-refractivity contribution is 5.99. The van der Waals surface area contributed by atoms with Crippen molar-refractivity contribution in [1.29, 1.82) is 0 Å². The second kappa shape index (κ2) is 9.79. The zero-order valence-corrected chi connectivity index (χ0v) is 19.7. The molecule has 176 valence electrons. The van der Waals surface area contributed by atoms with Crippen LogP contribution in [-0.4, -0.2) is 64.0 Å².